The molecular formula is C18H14F2N2O2S. The maximum atomic E-state index is 12.6. The number of benzene rings is 2. The summed E-state index contributed by atoms with van der Waals surface area (Å²) in [5.74, 6) is -0.265. The Hall–Kier alpha value is -2.80. The number of ether oxygens (including phenoxy) is 1. The topological polar surface area (TPSA) is 51.2 Å². The number of carbonyl (C=O) groups excluding carboxylic acids is 1. The number of aryl methyl sites for hydroxylation is 1. The van der Waals surface area contributed by atoms with Crippen molar-refractivity contribution in [2.24, 2.45) is 0 Å². The number of hydrogen-bond acceptors (Lipinski definition) is 4. The number of anilines is 1. The van der Waals surface area contributed by atoms with Gasteiger partial charge in [-0.3, -0.25) is 4.79 Å². The van der Waals surface area contributed by atoms with Gasteiger partial charge in [-0.1, -0.05) is 30.3 Å². The lowest BCUT2D eigenvalue weighted by Gasteiger charge is -2.07. The number of rotatable bonds is 5. The van der Waals surface area contributed by atoms with Crippen molar-refractivity contribution < 1.29 is 18.3 Å². The summed E-state index contributed by atoms with van der Waals surface area (Å²) in [5.41, 5.74) is 1.97. The summed E-state index contributed by atoms with van der Waals surface area (Å²) in [6, 6.07) is 15.2. The van der Waals surface area contributed by atoms with Crippen LogP contribution in [0.4, 0.5) is 14.5 Å². The van der Waals surface area contributed by atoms with Gasteiger partial charge in [0.1, 0.15) is 10.6 Å². The third-order valence-corrected chi connectivity index (χ3v) is 4.29. The Kier molecular flexibility index (Phi) is 5.04. The highest BCUT2D eigenvalue weighted by atomic mass is 32.1. The second-order valence-electron chi connectivity index (χ2n) is 5.13. The summed E-state index contributed by atoms with van der Waals surface area (Å²) < 4.78 is 28.6. The maximum Gasteiger partial charge on any atom is 0.387 e. The molecule has 0 bridgehead atoms. The molecule has 0 unspecified atom stereocenters. The SMILES string of the molecule is Cc1nc(-c2ccccc2)c(C(=O)Nc2ccc(OC(F)F)cc2)s1. The van der Waals surface area contributed by atoms with Gasteiger partial charge in [0.05, 0.1) is 10.7 Å². The number of thiazole rings is 1. The van der Waals surface area contributed by atoms with Crippen molar-refractivity contribution in [2.45, 2.75) is 13.5 Å². The second-order valence-corrected chi connectivity index (χ2v) is 6.34. The zero-order chi connectivity index (χ0) is 17.8. The monoisotopic (exact) mass is 360 g/mol. The Bertz CT molecular complexity index is 865. The van der Waals surface area contributed by atoms with Gasteiger partial charge in [-0.15, -0.1) is 11.3 Å². The van der Waals surface area contributed by atoms with Gasteiger partial charge >= 0.3 is 6.61 Å². The van der Waals surface area contributed by atoms with Crippen LogP contribution in [-0.2, 0) is 0 Å². The van der Waals surface area contributed by atoms with Crippen LogP contribution in [0.25, 0.3) is 11.3 Å². The Balaban J connectivity index is 1.80. The summed E-state index contributed by atoms with van der Waals surface area (Å²) in [5, 5.41) is 3.53. The number of alkyl halides is 2. The fourth-order valence-electron chi connectivity index (χ4n) is 2.28. The summed E-state index contributed by atoms with van der Waals surface area (Å²) in [7, 11) is 0. The van der Waals surface area contributed by atoms with E-state index in [-0.39, 0.29) is 11.7 Å². The van der Waals surface area contributed by atoms with Gasteiger partial charge in [-0.2, -0.15) is 8.78 Å². The quantitative estimate of drug-likeness (QED) is 0.699. The molecule has 1 heterocycles. The fraction of sp³-hybridized carbons (Fsp3) is 0.111. The minimum absolute atomic E-state index is 0.0339. The first-order valence-electron chi connectivity index (χ1n) is 7.42. The smallest absolute Gasteiger partial charge is 0.387 e. The molecule has 0 aliphatic rings. The normalized spacial score (nSPS) is 10.7. The largest absolute Gasteiger partial charge is 0.435 e. The van der Waals surface area contributed by atoms with Crippen LogP contribution in [0.15, 0.2) is 54.6 Å². The molecule has 128 valence electrons. The van der Waals surface area contributed by atoms with E-state index >= 15 is 0 Å². The molecule has 3 rings (SSSR count). The molecule has 3 aromatic rings. The summed E-state index contributed by atoms with van der Waals surface area (Å²) in [6.45, 7) is -1.04. The molecule has 0 radical (unpaired) electrons. The van der Waals surface area contributed by atoms with Crippen LogP contribution in [-0.4, -0.2) is 17.5 Å². The van der Waals surface area contributed by atoms with Crippen LogP contribution in [0.2, 0.25) is 0 Å². The molecule has 0 aliphatic heterocycles. The molecule has 0 atom stereocenters. The number of nitrogens with one attached hydrogen (secondary N) is 1. The van der Waals surface area contributed by atoms with Crippen molar-refractivity contribution >= 4 is 22.9 Å². The van der Waals surface area contributed by atoms with E-state index in [9.17, 15) is 13.6 Å². The Morgan fingerprint density at radius 3 is 2.44 bits per heavy atom. The maximum absolute atomic E-state index is 12.6. The molecule has 25 heavy (non-hydrogen) atoms. The van der Waals surface area contributed by atoms with E-state index in [0.29, 0.717) is 16.3 Å². The van der Waals surface area contributed by atoms with E-state index in [1.807, 2.05) is 37.3 Å². The van der Waals surface area contributed by atoms with Crippen molar-refractivity contribution in [3.8, 4) is 17.0 Å². The lowest BCUT2D eigenvalue weighted by molar-refractivity contribution is -0.0498. The average molecular weight is 360 g/mol. The van der Waals surface area contributed by atoms with Crippen LogP contribution >= 0.6 is 11.3 Å². The number of halogens is 2. The van der Waals surface area contributed by atoms with E-state index in [4.69, 9.17) is 0 Å². The van der Waals surface area contributed by atoms with Gasteiger partial charge in [-0.25, -0.2) is 4.98 Å². The molecule has 0 saturated heterocycles. The molecule has 7 heteroatoms. The minimum atomic E-state index is -2.88. The second kappa shape index (κ2) is 7.40. The highest BCUT2D eigenvalue weighted by Gasteiger charge is 2.18. The molecule has 1 aromatic heterocycles. The van der Waals surface area contributed by atoms with E-state index in [1.54, 1.807) is 0 Å². The molecule has 0 spiro atoms. The van der Waals surface area contributed by atoms with Crippen LogP contribution in [0.3, 0.4) is 0 Å². The van der Waals surface area contributed by atoms with Crippen molar-refractivity contribution in [1.29, 1.82) is 0 Å². The molecule has 4 nitrogen and oxygen atoms in total. The molecule has 2 aromatic carbocycles. The zero-order valence-corrected chi connectivity index (χ0v) is 14.0. The van der Waals surface area contributed by atoms with Crippen molar-refractivity contribution in [3.63, 3.8) is 0 Å². The minimum Gasteiger partial charge on any atom is -0.435 e. The van der Waals surface area contributed by atoms with E-state index in [0.717, 1.165) is 10.6 Å². The van der Waals surface area contributed by atoms with E-state index in [2.05, 4.69) is 15.0 Å². The summed E-state index contributed by atoms with van der Waals surface area (Å²) in [6.07, 6.45) is 0. The van der Waals surface area contributed by atoms with Gasteiger partial charge < -0.3 is 10.1 Å². The molecule has 1 amide bonds. The summed E-state index contributed by atoms with van der Waals surface area (Å²) in [4.78, 5) is 17.5. The fourth-order valence-corrected chi connectivity index (χ4v) is 3.12. The van der Waals surface area contributed by atoms with Crippen molar-refractivity contribution in [2.75, 3.05) is 5.32 Å². The zero-order valence-electron chi connectivity index (χ0n) is 13.2. The first-order chi connectivity index (χ1) is 12.0. The van der Waals surface area contributed by atoms with Crippen LogP contribution < -0.4 is 10.1 Å². The lowest BCUT2D eigenvalue weighted by atomic mass is 10.1. The molecule has 0 fully saturated rings. The van der Waals surface area contributed by atoms with Crippen LogP contribution in [0, 0.1) is 6.92 Å². The van der Waals surface area contributed by atoms with Gasteiger partial charge in [0, 0.05) is 11.3 Å². The lowest BCUT2D eigenvalue weighted by Crippen LogP contribution is -2.11. The van der Waals surface area contributed by atoms with Crippen molar-refractivity contribution in [3.05, 3.63) is 64.5 Å². The number of hydrogen-bond donors (Lipinski definition) is 1. The predicted octanol–water partition coefficient (Wildman–Crippen LogP) is 4.97. The first kappa shape index (κ1) is 17.0. The number of carbonyl (C=O) groups is 1. The van der Waals surface area contributed by atoms with E-state index in [1.165, 1.54) is 35.6 Å². The number of amides is 1. The van der Waals surface area contributed by atoms with Crippen LogP contribution in [0.1, 0.15) is 14.7 Å². The van der Waals surface area contributed by atoms with E-state index < -0.39 is 6.61 Å². The van der Waals surface area contributed by atoms with Gasteiger partial charge in [0.15, 0.2) is 0 Å². The van der Waals surface area contributed by atoms with Crippen LogP contribution in [0.5, 0.6) is 5.75 Å². The molecule has 0 aliphatic carbocycles. The third kappa shape index (κ3) is 4.19. The number of nitrogens with zero attached hydrogens (tertiary/aromatic N) is 1. The molecule has 0 saturated carbocycles. The summed E-state index contributed by atoms with van der Waals surface area (Å²) >= 11 is 1.30. The highest BCUT2D eigenvalue weighted by Crippen LogP contribution is 2.29. The number of aromatic nitrogens is 1. The van der Waals surface area contributed by atoms with Gasteiger partial charge in [0.25, 0.3) is 5.91 Å². The Labute approximate surface area is 147 Å². The Morgan fingerprint density at radius 2 is 1.80 bits per heavy atom. The standard InChI is InChI=1S/C18H14F2N2O2S/c1-11-21-15(12-5-3-2-4-6-12)16(25-11)17(23)22-13-7-9-14(10-8-13)24-18(19)20/h2-10,18H,1H3,(H,22,23). The first-order valence-corrected chi connectivity index (χ1v) is 8.23. The molecular weight excluding hydrogens is 346 g/mol. The van der Waals surface area contributed by atoms with Crippen molar-refractivity contribution in [1.82, 2.24) is 4.98 Å². The Morgan fingerprint density at radius 1 is 1.12 bits per heavy atom. The average Bonchev–Trinajstić information content (AvgIpc) is 2.99. The highest BCUT2D eigenvalue weighted by molar-refractivity contribution is 7.14. The predicted molar refractivity (Wildman–Crippen MR) is 93.3 cm³/mol. The third-order valence-electron chi connectivity index (χ3n) is 3.32. The van der Waals surface area contributed by atoms with Gasteiger partial charge in [-0.05, 0) is 31.2 Å². The molecule has 1 N–H and O–H groups in total. The van der Waals surface area contributed by atoms with Gasteiger partial charge in [0.2, 0.25) is 0 Å².